The summed E-state index contributed by atoms with van der Waals surface area (Å²) in [5, 5.41) is 10.8. The lowest BCUT2D eigenvalue weighted by Gasteiger charge is -2.20. The van der Waals surface area contributed by atoms with Crippen molar-refractivity contribution in [3.8, 4) is 0 Å². The normalized spacial score (nSPS) is 13.1. The first-order valence-electron chi connectivity index (χ1n) is 3.87. The second kappa shape index (κ2) is 3.93. The van der Waals surface area contributed by atoms with Crippen LogP contribution >= 0.6 is 0 Å². The number of carboxylic acid groups (broad SMARTS) is 1. The van der Waals surface area contributed by atoms with Crippen LogP contribution in [0.15, 0.2) is 10.6 Å². The lowest BCUT2D eigenvalue weighted by molar-refractivity contribution is -0.254. The van der Waals surface area contributed by atoms with Crippen molar-refractivity contribution in [3.05, 3.63) is 17.5 Å². The topological polar surface area (TPSA) is 63.3 Å². The fraction of sp³-hybridized carbons (Fsp3) is 0.429. The van der Waals surface area contributed by atoms with Crippen molar-refractivity contribution < 1.29 is 40.8 Å². The van der Waals surface area contributed by atoms with Crippen molar-refractivity contribution in [2.75, 3.05) is 0 Å². The highest BCUT2D eigenvalue weighted by atomic mass is 19.4. The maximum atomic E-state index is 12.2. The molecule has 1 aromatic rings. The molecule has 0 bridgehead atoms. The van der Waals surface area contributed by atoms with Crippen molar-refractivity contribution in [3.63, 3.8) is 0 Å². The van der Waals surface area contributed by atoms with Crippen LogP contribution in [-0.2, 0) is 0 Å². The van der Waals surface area contributed by atoms with Gasteiger partial charge in [-0.3, -0.25) is 0 Å². The summed E-state index contributed by atoms with van der Waals surface area (Å²) in [6.07, 6.45) is -11.3. The first-order valence-corrected chi connectivity index (χ1v) is 3.87. The van der Waals surface area contributed by atoms with E-state index < -0.39 is 35.7 Å². The highest BCUT2D eigenvalue weighted by Crippen LogP contribution is 2.45. The quantitative estimate of drug-likeness (QED) is 0.833. The Balaban J connectivity index is 3.19. The largest absolute Gasteiger partial charge is 0.475 e. The summed E-state index contributed by atoms with van der Waals surface area (Å²) in [6, 6.07) is 0.0912. The molecule has 17 heavy (non-hydrogen) atoms. The van der Waals surface area contributed by atoms with E-state index in [0.29, 0.717) is 0 Å². The van der Waals surface area contributed by atoms with Gasteiger partial charge in [-0.05, 0) is 0 Å². The molecule has 0 unspecified atom stereocenters. The fourth-order valence-corrected chi connectivity index (χ4v) is 1.05. The molecule has 0 saturated carbocycles. The minimum atomic E-state index is -5.63. The van der Waals surface area contributed by atoms with Gasteiger partial charge in [-0.1, -0.05) is 5.16 Å². The third-order valence-electron chi connectivity index (χ3n) is 1.69. The number of hydrogen-bond acceptors (Lipinski definition) is 3. The Hall–Kier alpha value is -1.74. The van der Waals surface area contributed by atoms with Crippen LogP contribution in [0.5, 0.6) is 0 Å². The smallest absolute Gasteiger partial charge is 0.406 e. The summed E-state index contributed by atoms with van der Waals surface area (Å²) < 4.78 is 76.8. The number of carboxylic acids is 1. The molecule has 0 atom stereocenters. The molecular formula is C7H3F6NO3. The van der Waals surface area contributed by atoms with Gasteiger partial charge in [-0.25, -0.2) is 4.79 Å². The lowest BCUT2D eigenvalue weighted by Crippen LogP contribution is -2.34. The lowest BCUT2D eigenvalue weighted by atomic mass is 10.0. The average molecular weight is 263 g/mol. The van der Waals surface area contributed by atoms with Gasteiger partial charge < -0.3 is 9.63 Å². The molecule has 0 aliphatic rings. The van der Waals surface area contributed by atoms with Crippen LogP contribution in [-0.4, -0.2) is 28.6 Å². The Morgan fingerprint density at radius 1 is 1.24 bits per heavy atom. The third kappa shape index (κ3) is 2.88. The summed E-state index contributed by atoms with van der Waals surface area (Å²) in [5.74, 6) is -6.78. The number of nitrogens with zero attached hydrogens (tertiary/aromatic N) is 1. The van der Waals surface area contributed by atoms with Gasteiger partial charge in [0.1, 0.15) is 5.69 Å². The predicted molar refractivity (Wildman–Crippen MR) is 38.3 cm³/mol. The Bertz CT molecular complexity index is 406. The molecule has 0 aliphatic carbocycles. The second-order valence-electron chi connectivity index (χ2n) is 2.94. The molecule has 1 N–H and O–H groups in total. The van der Waals surface area contributed by atoms with Crippen LogP contribution in [0.3, 0.4) is 0 Å². The van der Waals surface area contributed by atoms with Crippen molar-refractivity contribution in [2.24, 2.45) is 0 Å². The molecule has 96 valence electrons. The van der Waals surface area contributed by atoms with E-state index in [2.05, 4.69) is 9.68 Å². The van der Waals surface area contributed by atoms with Gasteiger partial charge in [0.25, 0.3) is 0 Å². The standard InChI is InChI=1S/C7H3F6NO3/c8-6(9,10)4(7(11,12)13)2-1-3(5(15)16)17-14-2/h1,4H,(H,15,16). The molecule has 0 fully saturated rings. The van der Waals surface area contributed by atoms with E-state index in [9.17, 15) is 31.1 Å². The zero-order chi connectivity index (χ0) is 13.4. The van der Waals surface area contributed by atoms with Gasteiger partial charge in [0.15, 0.2) is 5.92 Å². The van der Waals surface area contributed by atoms with Crippen molar-refractivity contribution in [2.45, 2.75) is 18.3 Å². The number of rotatable bonds is 2. The molecule has 0 aromatic carbocycles. The minimum Gasteiger partial charge on any atom is -0.475 e. The molecule has 1 aromatic heterocycles. The summed E-state index contributed by atoms with van der Waals surface area (Å²) in [6.45, 7) is 0. The highest BCUT2D eigenvalue weighted by Gasteiger charge is 2.59. The monoisotopic (exact) mass is 263 g/mol. The van der Waals surface area contributed by atoms with Gasteiger partial charge in [-0.15, -0.1) is 0 Å². The zero-order valence-electron chi connectivity index (χ0n) is 7.63. The number of hydrogen-bond donors (Lipinski definition) is 1. The molecule has 1 heterocycles. The van der Waals surface area contributed by atoms with E-state index in [0.717, 1.165) is 0 Å². The second-order valence-corrected chi connectivity index (χ2v) is 2.94. The highest BCUT2D eigenvalue weighted by molar-refractivity contribution is 5.84. The van der Waals surface area contributed by atoms with Crippen LogP contribution in [0.25, 0.3) is 0 Å². The SMILES string of the molecule is O=C(O)c1cc(C(C(F)(F)F)C(F)(F)F)no1. The summed E-state index contributed by atoms with van der Waals surface area (Å²) >= 11 is 0. The Kier molecular flexibility index (Phi) is 3.08. The maximum Gasteiger partial charge on any atom is 0.406 e. The van der Waals surface area contributed by atoms with Crippen LogP contribution in [0.4, 0.5) is 26.3 Å². The Morgan fingerprint density at radius 3 is 2.00 bits per heavy atom. The Labute approximate surface area is 88.8 Å². The number of alkyl halides is 6. The van der Waals surface area contributed by atoms with Crippen molar-refractivity contribution in [1.82, 2.24) is 5.16 Å². The molecule has 1 rings (SSSR count). The fourth-order valence-electron chi connectivity index (χ4n) is 1.05. The molecule has 0 saturated heterocycles. The van der Waals surface area contributed by atoms with Crippen molar-refractivity contribution >= 4 is 5.97 Å². The first-order chi connectivity index (χ1) is 7.53. The number of aromatic nitrogens is 1. The van der Waals surface area contributed by atoms with Crippen LogP contribution < -0.4 is 0 Å². The van der Waals surface area contributed by atoms with E-state index >= 15 is 0 Å². The van der Waals surface area contributed by atoms with E-state index in [1.165, 1.54) is 0 Å². The molecule has 0 aliphatic heterocycles. The van der Waals surface area contributed by atoms with Gasteiger partial charge in [0, 0.05) is 6.07 Å². The van der Waals surface area contributed by atoms with E-state index in [-0.39, 0.29) is 6.07 Å². The van der Waals surface area contributed by atoms with E-state index in [4.69, 9.17) is 5.11 Å². The number of carbonyl (C=O) groups is 1. The molecule has 0 spiro atoms. The predicted octanol–water partition coefficient (Wildman–Crippen LogP) is 2.58. The van der Waals surface area contributed by atoms with E-state index in [1.54, 1.807) is 0 Å². The molecular weight excluding hydrogens is 260 g/mol. The van der Waals surface area contributed by atoms with Gasteiger partial charge in [0.05, 0.1) is 0 Å². The van der Waals surface area contributed by atoms with Crippen molar-refractivity contribution in [1.29, 1.82) is 0 Å². The molecule has 10 heteroatoms. The Morgan fingerprint density at radius 2 is 1.71 bits per heavy atom. The van der Waals surface area contributed by atoms with Gasteiger partial charge >= 0.3 is 18.3 Å². The minimum absolute atomic E-state index is 0.0912. The maximum absolute atomic E-state index is 12.2. The number of aromatic carboxylic acids is 1. The van der Waals surface area contributed by atoms with Gasteiger partial charge in [0.2, 0.25) is 5.76 Å². The van der Waals surface area contributed by atoms with Gasteiger partial charge in [-0.2, -0.15) is 26.3 Å². The first kappa shape index (κ1) is 13.3. The van der Waals surface area contributed by atoms with Crippen LogP contribution in [0.2, 0.25) is 0 Å². The summed E-state index contributed by atoms with van der Waals surface area (Å²) in [5.41, 5.74) is -1.54. The van der Waals surface area contributed by atoms with Crippen LogP contribution in [0.1, 0.15) is 22.2 Å². The van der Waals surface area contributed by atoms with E-state index in [1.807, 2.05) is 0 Å². The molecule has 0 radical (unpaired) electrons. The summed E-state index contributed by atoms with van der Waals surface area (Å²) in [4.78, 5) is 10.2. The average Bonchev–Trinajstić information content (AvgIpc) is 2.46. The molecule has 4 nitrogen and oxygen atoms in total. The summed E-state index contributed by atoms with van der Waals surface area (Å²) in [7, 11) is 0. The molecule has 0 amide bonds. The van der Waals surface area contributed by atoms with Crippen LogP contribution in [0, 0.1) is 0 Å². The zero-order valence-corrected chi connectivity index (χ0v) is 7.63. The number of halogens is 6. The third-order valence-corrected chi connectivity index (χ3v) is 1.69.